The van der Waals surface area contributed by atoms with E-state index < -0.39 is 0 Å². The van der Waals surface area contributed by atoms with Crippen LogP contribution in [0.5, 0.6) is 0 Å². The molecule has 2 heterocycles. The Hall–Kier alpha value is -0.870. The number of rotatable bonds is 4. The lowest BCUT2D eigenvalue weighted by atomic mass is 9.80. The van der Waals surface area contributed by atoms with Gasteiger partial charge in [0.25, 0.3) is 0 Å². The van der Waals surface area contributed by atoms with E-state index in [1.165, 1.54) is 0 Å². The van der Waals surface area contributed by atoms with Crippen LogP contribution in [0.3, 0.4) is 0 Å². The van der Waals surface area contributed by atoms with Crippen molar-refractivity contribution in [3.8, 4) is 0 Å². The highest BCUT2D eigenvalue weighted by Crippen LogP contribution is 2.25. The second-order valence-corrected chi connectivity index (χ2v) is 4.87. The van der Waals surface area contributed by atoms with Crippen molar-refractivity contribution in [1.29, 1.82) is 0 Å². The van der Waals surface area contributed by atoms with Crippen molar-refractivity contribution in [2.24, 2.45) is 11.7 Å². The van der Waals surface area contributed by atoms with E-state index in [1.807, 2.05) is 23.1 Å². The fourth-order valence-electron chi connectivity index (χ4n) is 1.99. The highest BCUT2D eigenvalue weighted by atomic mass is 15.3. The van der Waals surface area contributed by atoms with Crippen LogP contribution in [-0.2, 0) is 6.54 Å². The zero-order valence-electron chi connectivity index (χ0n) is 9.56. The van der Waals surface area contributed by atoms with E-state index in [4.69, 9.17) is 5.73 Å². The van der Waals surface area contributed by atoms with Crippen LogP contribution in [0, 0.1) is 5.92 Å². The Morgan fingerprint density at radius 3 is 2.67 bits per heavy atom. The number of likely N-dealkylation sites (tertiary alicyclic amines) is 1. The lowest BCUT2D eigenvalue weighted by Gasteiger charge is -2.50. The van der Waals surface area contributed by atoms with Crippen LogP contribution in [0.1, 0.15) is 13.8 Å². The van der Waals surface area contributed by atoms with Crippen LogP contribution in [0.15, 0.2) is 18.5 Å². The molecule has 1 fully saturated rings. The molecule has 0 aliphatic carbocycles. The van der Waals surface area contributed by atoms with Gasteiger partial charge in [0.1, 0.15) is 0 Å². The molecular weight excluding hydrogens is 188 g/mol. The molecule has 1 aliphatic rings. The number of nitrogens with two attached hydrogens (primary N) is 1. The van der Waals surface area contributed by atoms with Crippen LogP contribution in [0.25, 0.3) is 0 Å². The molecule has 2 rings (SSSR count). The largest absolute Gasteiger partial charge is 0.323 e. The van der Waals surface area contributed by atoms with E-state index in [1.54, 1.807) is 0 Å². The minimum absolute atomic E-state index is 0.0458. The maximum absolute atomic E-state index is 6.22. The van der Waals surface area contributed by atoms with Gasteiger partial charge < -0.3 is 5.73 Å². The van der Waals surface area contributed by atoms with E-state index >= 15 is 0 Å². The molecule has 1 aliphatic heterocycles. The van der Waals surface area contributed by atoms with Crippen LogP contribution in [0.2, 0.25) is 0 Å². The molecule has 0 saturated carbocycles. The van der Waals surface area contributed by atoms with Crippen molar-refractivity contribution in [3.05, 3.63) is 18.5 Å². The topological polar surface area (TPSA) is 47.1 Å². The van der Waals surface area contributed by atoms with Gasteiger partial charge in [-0.05, 0) is 12.0 Å². The summed E-state index contributed by atoms with van der Waals surface area (Å²) in [6.07, 6.45) is 3.81. The summed E-state index contributed by atoms with van der Waals surface area (Å²) in [6.45, 7) is 8.45. The monoisotopic (exact) mass is 208 g/mol. The van der Waals surface area contributed by atoms with Crippen molar-refractivity contribution in [2.75, 3.05) is 19.6 Å². The predicted octanol–water partition coefficient (Wildman–Crippen LogP) is 0.552. The molecule has 0 atom stereocenters. The highest BCUT2D eigenvalue weighted by Gasteiger charge is 2.41. The Morgan fingerprint density at radius 2 is 2.13 bits per heavy atom. The minimum Gasteiger partial charge on any atom is -0.323 e. The fraction of sp³-hybridized carbons (Fsp3) is 0.727. The molecule has 0 radical (unpaired) electrons. The second-order valence-electron chi connectivity index (χ2n) is 4.87. The summed E-state index contributed by atoms with van der Waals surface area (Å²) in [5, 5.41) is 4.18. The van der Waals surface area contributed by atoms with Gasteiger partial charge in [0.15, 0.2) is 0 Å². The molecule has 2 N–H and O–H groups in total. The molecule has 0 unspecified atom stereocenters. The molecule has 0 aromatic carbocycles. The molecule has 0 amide bonds. The van der Waals surface area contributed by atoms with Crippen molar-refractivity contribution in [2.45, 2.75) is 25.9 Å². The van der Waals surface area contributed by atoms with Gasteiger partial charge in [0, 0.05) is 37.6 Å². The zero-order chi connectivity index (χ0) is 10.9. The zero-order valence-corrected chi connectivity index (χ0v) is 9.56. The molecular formula is C11H20N4. The van der Waals surface area contributed by atoms with Gasteiger partial charge in [-0.1, -0.05) is 13.8 Å². The van der Waals surface area contributed by atoms with Gasteiger partial charge >= 0.3 is 0 Å². The van der Waals surface area contributed by atoms with Gasteiger partial charge in [-0.25, -0.2) is 0 Å². The first-order valence-electron chi connectivity index (χ1n) is 5.59. The van der Waals surface area contributed by atoms with E-state index in [-0.39, 0.29) is 5.54 Å². The number of aromatic nitrogens is 2. The normalized spacial score (nSPS) is 20.5. The van der Waals surface area contributed by atoms with E-state index in [2.05, 4.69) is 23.8 Å². The maximum Gasteiger partial charge on any atom is 0.0536 e. The Balaban J connectivity index is 1.72. The highest BCUT2D eigenvalue weighted by molar-refractivity contribution is 5.01. The second kappa shape index (κ2) is 3.94. The Kier molecular flexibility index (Phi) is 2.80. The average molecular weight is 208 g/mol. The molecule has 15 heavy (non-hydrogen) atoms. The molecule has 4 heteroatoms. The average Bonchev–Trinajstić information content (AvgIpc) is 2.62. The molecule has 1 aromatic heterocycles. The van der Waals surface area contributed by atoms with Gasteiger partial charge in [0.05, 0.1) is 6.54 Å². The molecule has 0 bridgehead atoms. The van der Waals surface area contributed by atoms with Crippen LogP contribution in [0.4, 0.5) is 0 Å². The van der Waals surface area contributed by atoms with E-state index in [0.717, 1.165) is 26.2 Å². The van der Waals surface area contributed by atoms with E-state index in [0.29, 0.717) is 5.92 Å². The van der Waals surface area contributed by atoms with Gasteiger partial charge in [0.2, 0.25) is 0 Å². The third-order valence-corrected chi connectivity index (χ3v) is 3.39. The van der Waals surface area contributed by atoms with Crippen molar-refractivity contribution >= 4 is 0 Å². The maximum atomic E-state index is 6.22. The summed E-state index contributed by atoms with van der Waals surface area (Å²) >= 11 is 0. The Labute approximate surface area is 91.1 Å². The van der Waals surface area contributed by atoms with Crippen LogP contribution >= 0.6 is 0 Å². The van der Waals surface area contributed by atoms with Gasteiger partial charge in [-0.2, -0.15) is 5.10 Å². The van der Waals surface area contributed by atoms with Crippen molar-refractivity contribution < 1.29 is 0 Å². The summed E-state index contributed by atoms with van der Waals surface area (Å²) in [4.78, 5) is 2.39. The smallest absolute Gasteiger partial charge is 0.0536 e. The molecule has 4 nitrogen and oxygen atoms in total. The fourth-order valence-corrected chi connectivity index (χ4v) is 1.99. The summed E-state index contributed by atoms with van der Waals surface area (Å²) < 4.78 is 1.96. The first kappa shape index (κ1) is 10.6. The van der Waals surface area contributed by atoms with Crippen LogP contribution < -0.4 is 5.73 Å². The Morgan fingerprint density at radius 1 is 1.40 bits per heavy atom. The quantitative estimate of drug-likeness (QED) is 0.786. The molecule has 1 saturated heterocycles. The summed E-state index contributed by atoms with van der Waals surface area (Å²) in [5.41, 5.74) is 6.27. The number of nitrogens with zero attached hydrogens (tertiary/aromatic N) is 3. The first-order chi connectivity index (χ1) is 7.10. The van der Waals surface area contributed by atoms with Crippen molar-refractivity contribution in [3.63, 3.8) is 0 Å². The summed E-state index contributed by atoms with van der Waals surface area (Å²) in [5.74, 6) is 0.568. The number of hydrogen-bond donors (Lipinski definition) is 1. The summed E-state index contributed by atoms with van der Waals surface area (Å²) in [6, 6.07) is 1.96. The third kappa shape index (κ3) is 2.21. The Bertz CT molecular complexity index is 298. The summed E-state index contributed by atoms with van der Waals surface area (Å²) in [7, 11) is 0. The SMILES string of the molecule is CC(C)C1(N)CN(CCn2cccn2)C1. The third-order valence-electron chi connectivity index (χ3n) is 3.39. The number of hydrogen-bond acceptors (Lipinski definition) is 3. The lowest BCUT2D eigenvalue weighted by molar-refractivity contribution is 0.0346. The molecule has 0 spiro atoms. The molecule has 1 aromatic rings. The predicted molar refractivity (Wildman–Crippen MR) is 60.4 cm³/mol. The first-order valence-corrected chi connectivity index (χ1v) is 5.59. The minimum atomic E-state index is 0.0458. The lowest BCUT2D eigenvalue weighted by Crippen LogP contribution is -2.70. The van der Waals surface area contributed by atoms with Crippen molar-refractivity contribution in [1.82, 2.24) is 14.7 Å². The molecule has 84 valence electrons. The van der Waals surface area contributed by atoms with Gasteiger partial charge in [-0.3, -0.25) is 9.58 Å². The van der Waals surface area contributed by atoms with Crippen LogP contribution in [-0.4, -0.2) is 39.9 Å². The van der Waals surface area contributed by atoms with E-state index in [9.17, 15) is 0 Å². The van der Waals surface area contributed by atoms with Gasteiger partial charge in [-0.15, -0.1) is 0 Å². The standard InChI is InChI=1S/C11H20N4/c1-10(2)11(12)8-14(9-11)6-7-15-5-3-4-13-15/h3-5,10H,6-9,12H2,1-2H3.